The largest absolute Gasteiger partial charge is 0.370 e. The fourth-order valence-electron chi connectivity index (χ4n) is 2.93. The van der Waals surface area contributed by atoms with E-state index in [1.165, 1.54) is 19.3 Å². The molecule has 0 spiro atoms. The SMILES string of the molecule is O=C(/C=C/c1ccccc1)Nc1cc(Cl)ccc1N1CCCCC1. The third-order valence-corrected chi connectivity index (χ3v) is 4.38. The molecule has 1 heterocycles. The number of carbonyl (C=O) groups is 1. The molecule has 1 amide bonds. The van der Waals surface area contributed by atoms with Crippen LogP contribution in [0.3, 0.4) is 0 Å². The number of hydrogen-bond acceptors (Lipinski definition) is 2. The van der Waals surface area contributed by atoms with Gasteiger partial charge in [-0.1, -0.05) is 41.9 Å². The average Bonchev–Trinajstić information content (AvgIpc) is 2.62. The molecule has 0 saturated carbocycles. The van der Waals surface area contributed by atoms with Crippen LogP contribution in [0.5, 0.6) is 0 Å². The summed E-state index contributed by atoms with van der Waals surface area (Å²) in [5, 5.41) is 3.59. The van der Waals surface area contributed by atoms with Crippen LogP contribution in [0.2, 0.25) is 5.02 Å². The Morgan fingerprint density at radius 3 is 2.54 bits per heavy atom. The highest BCUT2D eigenvalue weighted by atomic mass is 35.5. The van der Waals surface area contributed by atoms with E-state index in [2.05, 4.69) is 10.2 Å². The van der Waals surface area contributed by atoms with E-state index < -0.39 is 0 Å². The minimum Gasteiger partial charge on any atom is -0.370 e. The molecule has 3 nitrogen and oxygen atoms in total. The number of amides is 1. The van der Waals surface area contributed by atoms with Gasteiger partial charge in [0.05, 0.1) is 11.4 Å². The number of nitrogens with zero attached hydrogens (tertiary/aromatic N) is 1. The van der Waals surface area contributed by atoms with Gasteiger partial charge in [-0.3, -0.25) is 4.79 Å². The Kier molecular flexibility index (Phi) is 5.55. The normalized spacial score (nSPS) is 14.8. The maximum atomic E-state index is 12.3. The molecule has 2 aromatic rings. The third kappa shape index (κ3) is 4.39. The van der Waals surface area contributed by atoms with Crippen molar-refractivity contribution in [2.24, 2.45) is 0 Å². The van der Waals surface area contributed by atoms with E-state index in [4.69, 9.17) is 11.6 Å². The second-order valence-corrected chi connectivity index (χ2v) is 6.38. The summed E-state index contributed by atoms with van der Waals surface area (Å²) in [6.07, 6.45) is 7.00. The predicted octanol–water partition coefficient (Wildman–Crippen LogP) is 4.98. The van der Waals surface area contributed by atoms with Gasteiger partial charge in [-0.15, -0.1) is 0 Å². The second kappa shape index (κ2) is 8.02. The van der Waals surface area contributed by atoms with Gasteiger partial charge in [0.15, 0.2) is 0 Å². The summed E-state index contributed by atoms with van der Waals surface area (Å²) in [5.74, 6) is -0.153. The van der Waals surface area contributed by atoms with Crippen molar-refractivity contribution >= 4 is 35.0 Å². The van der Waals surface area contributed by atoms with Gasteiger partial charge in [-0.25, -0.2) is 0 Å². The highest BCUT2D eigenvalue weighted by Gasteiger charge is 2.15. The summed E-state index contributed by atoms with van der Waals surface area (Å²) >= 11 is 6.12. The molecule has 0 unspecified atom stereocenters. The lowest BCUT2D eigenvalue weighted by Gasteiger charge is -2.30. The molecular weight excluding hydrogens is 320 g/mol. The van der Waals surface area contributed by atoms with Gasteiger partial charge in [0, 0.05) is 24.2 Å². The number of piperidine rings is 1. The predicted molar refractivity (Wildman–Crippen MR) is 102 cm³/mol. The van der Waals surface area contributed by atoms with Gasteiger partial charge >= 0.3 is 0 Å². The van der Waals surface area contributed by atoms with Crippen LogP contribution in [-0.2, 0) is 4.79 Å². The summed E-state index contributed by atoms with van der Waals surface area (Å²) in [6.45, 7) is 2.04. The molecule has 1 fully saturated rings. The number of anilines is 2. The lowest BCUT2D eigenvalue weighted by Crippen LogP contribution is -2.30. The zero-order chi connectivity index (χ0) is 16.8. The fraction of sp³-hybridized carbons (Fsp3) is 0.250. The Morgan fingerprint density at radius 2 is 1.79 bits per heavy atom. The number of benzene rings is 2. The number of nitrogens with one attached hydrogen (secondary N) is 1. The molecule has 24 heavy (non-hydrogen) atoms. The van der Waals surface area contributed by atoms with Gasteiger partial charge in [-0.05, 0) is 49.1 Å². The van der Waals surface area contributed by atoms with Gasteiger partial charge in [0.2, 0.25) is 5.91 Å². The standard InChI is InChI=1S/C20H21ClN2O/c21-17-10-11-19(23-13-5-2-6-14-23)18(15-17)22-20(24)12-9-16-7-3-1-4-8-16/h1,3-4,7-12,15H,2,5-6,13-14H2,(H,22,24)/b12-9+. The van der Waals surface area contributed by atoms with Crippen molar-refractivity contribution in [2.45, 2.75) is 19.3 Å². The van der Waals surface area contributed by atoms with E-state index in [-0.39, 0.29) is 5.91 Å². The zero-order valence-corrected chi connectivity index (χ0v) is 14.3. The zero-order valence-electron chi connectivity index (χ0n) is 13.5. The minimum absolute atomic E-state index is 0.153. The highest BCUT2D eigenvalue weighted by Crippen LogP contribution is 2.31. The first-order chi connectivity index (χ1) is 11.7. The van der Waals surface area contributed by atoms with Crippen LogP contribution in [-0.4, -0.2) is 19.0 Å². The molecule has 124 valence electrons. The van der Waals surface area contributed by atoms with Crippen LogP contribution in [0.15, 0.2) is 54.6 Å². The lowest BCUT2D eigenvalue weighted by molar-refractivity contribution is -0.111. The van der Waals surface area contributed by atoms with E-state index in [0.29, 0.717) is 5.02 Å². The fourth-order valence-corrected chi connectivity index (χ4v) is 3.10. The minimum atomic E-state index is -0.153. The van der Waals surface area contributed by atoms with Crippen molar-refractivity contribution in [3.05, 3.63) is 65.2 Å². The maximum absolute atomic E-state index is 12.3. The molecule has 1 N–H and O–H groups in total. The van der Waals surface area contributed by atoms with Crippen LogP contribution >= 0.6 is 11.6 Å². The number of halogens is 1. The average molecular weight is 341 g/mol. The molecule has 0 aromatic heterocycles. The van der Waals surface area contributed by atoms with Crippen LogP contribution in [0.25, 0.3) is 6.08 Å². The highest BCUT2D eigenvalue weighted by molar-refractivity contribution is 6.31. The van der Waals surface area contributed by atoms with E-state index in [1.807, 2.05) is 48.5 Å². The molecule has 1 aliphatic rings. The molecule has 2 aromatic carbocycles. The molecule has 0 atom stereocenters. The van der Waals surface area contributed by atoms with Gasteiger partial charge in [-0.2, -0.15) is 0 Å². The first kappa shape index (κ1) is 16.6. The monoisotopic (exact) mass is 340 g/mol. The second-order valence-electron chi connectivity index (χ2n) is 5.94. The smallest absolute Gasteiger partial charge is 0.248 e. The van der Waals surface area contributed by atoms with Gasteiger partial charge < -0.3 is 10.2 Å². The Bertz CT molecular complexity index is 722. The van der Waals surface area contributed by atoms with Crippen molar-refractivity contribution in [3.63, 3.8) is 0 Å². The van der Waals surface area contributed by atoms with Crippen molar-refractivity contribution in [1.29, 1.82) is 0 Å². The topological polar surface area (TPSA) is 32.3 Å². The van der Waals surface area contributed by atoms with E-state index >= 15 is 0 Å². The van der Waals surface area contributed by atoms with Crippen molar-refractivity contribution < 1.29 is 4.79 Å². The lowest BCUT2D eigenvalue weighted by atomic mass is 10.1. The Morgan fingerprint density at radius 1 is 1.04 bits per heavy atom. The van der Waals surface area contributed by atoms with Crippen LogP contribution in [0, 0.1) is 0 Å². The molecular formula is C20H21ClN2O. The number of carbonyl (C=O) groups excluding carboxylic acids is 1. The van der Waals surface area contributed by atoms with Crippen LogP contribution < -0.4 is 10.2 Å². The molecule has 4 heteroatoms. The Hall–Kier alpha value is -2.26. The van der Waals surface area contributed by atoms with Crippen LogP contribution in [0.4, 0.5) is 11.4 Å². The molecule has 0 bridgehead atoms. The summed E-state index contributed by atoms with van der Waals surface area (Å²) < 4.78 is 0. The van der Waals surface area contributed by atoms with E-state index in [9.17, 15) is 4.79 Å². The third-order valence-electron chi connectivity index (χ3n) is 4.14. The van der Waals surface area contributed by atoms with Gasteiger partial charge in [0.1, 0.15) is 0 Å². The Balaban J connectivity index is 1.74. The summed E-state index contributed by atoms with van der Waals surface area (Å²) in [4.78, 5) is 14.6. The summed E-state index contributed by atoms with van der Waals surface area (Å²) in [6, 6.07) is 15.5. The molecule has 1 aliphatic heterocycles. The van der Waals surface area contributed by atoms with Crippen molar-refractivity contribution in [3.8, 4) is 0 Å². The summed E-state index contributed by atoms with van der Waals surface area (Å²) in [5.41, 5.74) is 2.81. The van der Waals surface area contributed by atoms with E-state index in [0.717, 1.165) is 30.0 Å². The number of hydrogen-bond donors (Lipinski definition) is 1. The number of rotatable bonds is 4. The first-order valence-electron chi connectivity index (χ1n) is 8.31. The van der Waals surface area contributed by atoms with Crippen LogP contribution in [0.1, 0.15) is 24.8 Å². The maximum Gasteiger partial charge on any atom is 0.248 e. The Labute approximate surface area is 147 Å². The molecule has 1 saturated heterocycles. The van der Waals surface area contributed by atoms with Gasteiger partial charge in [0.25, 0.3) is 0 Å². The molecule has 0 aliphatic carbocycles. The van der Waals surface area contributed by atoms with E-state index in [1.54, 1.807) is 12.2 Å². The molecule has 3 rings (SSSR count). The first-order valence-corrected chi connectivity index (χ1v) is 8.69. The summed E-state index contributed by atoms with van der Waals surface area (Å²) in [7, 11) is 0. The molecule has 0 radical (unpaired) electrons. The van der Waals surface area contributed by atoms with Crippen molar-refractivity contribution in [2.75, 3.05) is 23.3 Å². The van der Waals surface area contributed by atoms with Crippen molar-refractivity contribution in [1.82, 2.24) is 0 Å². The quantitative estimate of drug-likeness (QED) is 0.796.